The molecule has 4 rings (SSSR count). The third kappa shape index (κ3) is 6.57. The van der Waals surface area contributed by atoms with Gasteiger partial charge in [-0.25, -0.2) is 9.59 Å². The largest absolute Gasteiger partial charge is 0.452 e. The minimum Gasteiger partial charge on any atom is -0.452 e. The van der Waals surface area contributed by atoms with E-state index in [9.17, 15) is 9.59 Å². The molecule has 0 aliphatic carbocycles. The van der Waals surface area contributed by atoms with Crippen molar-refractivity contribution in [1.82, 2.24) is 0 Å². The second-order valence-corrected chi connectivity index (χ2v) is 10.1. The Hall–Kier alpha value is -3.30. The average Bonchev–Trinajstić information content (AvgIpc) is 3.46. The molecule has 2 heterocycles. The monoisotopic (exact) mass is 522 g/mol. The van der Waals surface area contributed by atoms with E-state index in [4.69, 9.17) is 28.4 Å². The molecule has 0 bridgehead atoms. The molecule has 8 nitrogen and oxygen atoms in total. The second-order valence-electron chi connectivity index (χ2n) is 10.1. The van der Waals surface area contributed by atoms with Crippen LogP contribution in [0.4, 0.5) is 0 Å². The zero-order chi connectivity index (χ0) is 27.5. The Labute approximate surface area is 223 Å². The number of hydrogen-bond donors (Lipinski definition) is 0. The molecule has 0 aromatic heterocycles. The summed E-state index contributed by atoms with van der Waals surface area (Å²) in [6.07, 6.45) is -0.200. The fraction of sp³-hybridized carbons (Fsp3) is 0.400. The first kappa shape index (κ1) is 27.7. The Kier molecular flexibility index (Phi) is 8.18. The highest BCUT2D eigenvalue weighted by Crippen LogP contribution is 2.33. The lowest BCUT2D eigenvalue weighted by molar-refractivity contribution is -0.185. The van der Waals surface area contributed by atoms with E-state index < -0.39 is 47.9 Å². The summed E-state index contributed by atoms with van der Waals surface area (Å²) in [5.74, 6) is -3.04. The molecule has 2 fully saturated rings. The highest BCUT2D eigenvalue weighted by Gasteiger charge is 2.50. The number of carbonyl (C=O) groups excluding carboxylic acids is 2. The zero-order valence-electron chi connectivity index (χ0n) is 22.2. The van der Waals surface area contributed by atoms with Gasteiger partial charge in [0.25, 0.3) is 0 Å². The normalized spacial score (nSPS) is 23.3. The Morgan fingerprint density at radius 1 is 0.737 bits per heavy atom. The summed E-state index contributed by atoms with van der Waals surface area (Å²) in [5, 5.41) is 0. The summed E-state index contributed by atoms with van der Waals surface area (Å²) in [5.41, 5.74) is 2.38. The van der Waals surface area contributed by atoms with Crippen LogP contribution in [0.2, 0.25) is 0 Å². The van der Waals surface area contributed by atoms with Gasteiger partial charge in [-0.2, -0.15) is 0 Å². The number of esters is 2. The predicted molar refractivity (Wildman–Crippen MR) is 141 cm³/mol. The maximum absolute atomic E-state index is 13.3. The number of benzene rings is 2. The third-order valence-corrected chi connectivity index (χ3v) is 6.37. The fourth-order valence-corrected chi connectivity index (χ4v) is 4.36. The van der Waals surface area contributed by atoms with Crippen LogP contribution in [0, 0.1) is 0 Å². The summed E-state index contributed by atoms with van der Waals surface area (Å²) in [6, 6.07) is 13.6. The van der Waals surface area contributed by atoms with Crippen molar-refractivity contribution in [3.05, 3.63) is 83.9 Å². The van der Waals surface area contributed by atoms with Crippen LogP contribution >= 0.6 is 0 Å². The fourth-order valence-electron chi connectivity index (χ4n) is 4.36. The van der Waals surface area contributed by atoms with Crippen molar-refractivity contribution in [2.45, 2.75) is 63.7 Å². The Bertz CT molecular complexity index is 1070. The van der Waals surface area contributed by atoms with Gasteiger partial charge in [0, 0.05) is 0 Å². The molecule has 0 saturated carbocycles. The van der Waals surface area contributed by atoms with Crippen LogP contribution < -0.4 is 0 Å². The first-order valence-electron chi connectivity index (χ1n) is 12.5. The molecule has 8 heteroatoms. The van der Waals surface area contributed by atoms with E-state index in [2.05, 4.69) is 13.2 Å². The maximum atomic E-state index is 13.3. The van der Waals surface area contributed by atoms with Gasteiger partial charge in [-0.1, -0.05) is 49.6 Å². The Balaban J connectivity index is 1.66. The molecule has 4 atom stereocenters. The van der Waals surface area contributed by atoms with Crippen molar-refractivity contribution in [2.75, 3.05) is 13.2 Å². The molecule has 202 valence electrons. The van der Waals surface area contributed by atoms with Crippen molar-refractivity contribution in [2.24, 2.45) is 0 Å². The summed E-state index contributed by atoms with van der Waals surface area (Å²) in [7, 11) is 0. The van der Waals surface area contributed by atoms with Gasteiger partial charge in [-0.05, 0) is 63.1 Å². The van der Waals surface area contributed by atoms with Crippen LogP contribution in [0.1, 0.15) is 59.5 Å². The van der Waals surface area contributed by atoms with Crippen molar-refractivity contribution in [3.63, 3.8) is 0 Å². The molecule has 2 aromatic carbocycles. The summed E-state index contributed by atoms with van der Waals surface area (Å²) < 4.78 is 35.7. The van der Waals surface area contributed by atoms with Crippen molar-refractivity contribution >= 4 is 24.1 Å². The maximum Gasteiger partial charge on any atom is 0.338 e. The van der Waals surface area contributed by atoms with E-state index >= 15 is 0 Å². The molecule has 2 saturated heterocycles. The van der Waals surface area contributed by atoms with Crippen molar-refractivity contribution in [1.29, 1.82) is 0 Å². The Morgan fingerprint density at radius 2 is 1.08 bits per heavy atom. The minimum absolute atomic E-state index is 0.124. The van der Waals surface area contributed by atoms with E-state index in [0.29, 0.717) is 11.1 Å². The minimum atomic E-state index is -1.05. The summed E-state index contributed by atoms with van der Waals surface area (Å²) >= 11 is 0. The van der Waals surface area contributed by atoms with E-state index in [1.54, 1.807) is 88.4 Å². The number of carbonyl (C=O) groups is 2. The van der Waals surface area contributed by atoms with Crippen LogP contribution in [0.25, 0.3) is 12.2 Å². The molecule has 2 aromatic rings. The van der Waals surface area contributed by atoms with Crippen LogP contribution in [0.3, 0.4) is 0 Å². The SMILES string of the molecule is C=Cc1ccc(C(=O)O[C@@H]([C@H](OC(=O)c2ccc(C=C)cc2)[C@H]2COC(C)(C)O2)[C@@H]2COC(C)(C)O2)cc1. The molecular weight excluding hydrogens is 488 g/mol. The average molecular weight is 523 g/mol. The highest BCUT2D eigenvalue weighted by atomic mass is 16.8. The quantitative estimate of drug-likeness (QED) is 0.424. The van der Waals surface area contributed by atoms with E-state index in [1.165, 1.54) is 0 Å². The molecule has 0 spiro atoms. The summed E-state index contributed by atoms with van der Waals surface area (Å²) in [4.78, 5) is 26.6. The standard InChI is InChI=1S/C30H34O8/c1-7-19-9-13-21(14-10-19)27(31)35-25(23-17-33-29(3,4)37-23)26(24-18-34-30(5,6)38-24)36-28(32)22-15-11-20(8-2)12-16-22/h7-16,23-26H,1-2,17-18H2,3-6H3/t23-,24+,25-,26-/m1/s1. The molecule has 0 unspecified atom stereocenters. The molecule has 2 aliphatic rings. The lowest BCUT2D eigenvalue weighted by Crippen LogP contribution is -2.51. The number of rotatable bonds is 9. The van der Waals surface area contributed by atoms with Crippen LogP contribution in [-0.4, -0.2) is 61.1 Å². The first-order chi connectivity index (χ1) is 18.0. The van der Waals surface area contributed by atoms with Gasteiger partial charge >= 0.3 is 11.9 Å². The van der Waals surface area contributed by atoms with Crippen molar-refractivity contribution < 1.29 is 38.0 Å². The molecule has 2 aliphatic heterocycles. The second kappa shape index (κ2) is 11.2. The van der Waals surface area contributed by atoms with Gasteiger partial charge < -0.3 is 28.4 Å². The molecule has 0 radical (unpaired) electrons. The smallest absolute Gasteiger partial charge is 0.338 e. The number of hydrogen-bond acceptors (Lipinski definition) is 8. The predicted octanol–water partition coefficient (Wildman–Crippen LogP) is 5.03. The first-order valence-corrected chi connectivity index (χ1v) is 12.5. The van der Waals surface area contributed by atoms with Gasteiger partial charge in [-0.3, -0.25) is 0 Å². The van der Waals surface area contributed by atoms with E-state index in [1.807, 2.05) is 0 Å². The highest BCUT2D eigenvalue weighted by molar-refractivity contribution is 5.90. The third-order valence-electron chi connectivity index (χ3n) is 6.37. The van der Waals surface area contributed by atoms with E-state index in [0.717, 1.165) is 11.1 Å². The molecule has 0 N–H and O–H groups in total. The lowest BCUT2D eigenvalue weighted by atomic mass is 10.0. The van der Waals surface area contributed by atoms with Crippen LogP contribution in [-0.2, 0) is 28.4 Å². The molecule has 0 amide bonds. The number of ether oxygens (including phenoxy) is 6. The summed E-state index contributed by atoms with van der Waals surface area (Å²) in [6.45, 7) is 14.8. The lowest BCUT2D eigenvalue weighted by Gasteiger charge is -2.33. The van der Waals surface area contributed by atoms with Gasteiger partial charge in [-0.15, -0.1) is 0 Å². The van der Waals surface area contributed by atoms with Gasteiger partial charge in [0.15, 0.2) is 23.8 Å². The topological polar surface area (TPSA) is 89.5 Å². The van der Waals surface area contributed by atoms with Crippen LogP contribution in [0.15, 0.2) is 61.7 Å². The van der Waals surface area contributed by atoms with Crippen LogP contribution in [0.5, 0.6) is 0 Å². The van der Waals surface area contributed by atoms with Gasteiger partial charge in [0.05, 0.1) is 24.3 Å². The molecular formula is C30H34O8. The van der Waals surface area contributed by atoms with Crippen molar-refractivity contribution in [3.8, 4) is 0 Å². The zero-order valence-corrected chi connectivity index (χ0v) is 22.2. The van der Waals surface area contributed by atoms with Gasteiger partial charge in [0.2, 0.25) is 0 Å². The molecule has 38 heavy (non-hydrogen) atoms. The Morgan fingerprint density at radius 3 is 1.34 bits per heavy atom. The van der Waals surface area contributed by atoms with Gasteiger partial charge in [0.1, 0.15) is 12.2 Å². The van der Waals surface area contributed by atoms with E-state index in [-0.39, 0.29) is 13.2 Å².